The van der Waals surface area contributed by atoms with E-state index in [0.717, 1.165) is 59.0 Å². The van der Waals surface area contributed by atoms with E-state index in [9.17, 15) is 5.11 Å². The molecule has 130 valence electrons. The minimum atomic E-state index is -0.251. The maximum absolute atomic E-state index is 10.3. The topological polar surface area (TPSA) is 53.8 Å². The van der Waals surface area contributed by atoms with E-state index < -0.39 is 0 Å². The van der Waals surface area contributed by atoms with Gasteiger partial charge in [-0.25, -0.2) is 0 Å². The third-order valence-electron chi connectivity index (χ3n) is 4.96. The van der Waals surface area contributed by atoms with Gasteiger partial charge >= 0.3 is 0 Å². The van der Waals surface area contributed by atoms with Crippen molar-refractivity contribution in [2.24, 2.45) is 5.92 Å². The van der Waals surface area contributed by atoms with Gasteiger partial charge in [0.15, 0.2) is 0 Å². The Balaban J connectivity index is 1.35. The summed E-state index contributed by atoms with van der Waals surface area (Å²) in [5, 5.41) is 14.7. The zero-order valence-electron chi connectivity index (χ0n) is 14.2. The first-order chi connectivity index (χ1) is 11.2. The molecule has 0 saturated carbocycles. The van der Waals surface area contributed by atoms with Crippen molar-refractivity contribution >= 4 is 0 Å². The van der Waals surface area contributed by atoms with Crippen molar-refractivity contribution in [1.29, 1.82) is 0 Å². The Labute approximate surface area is 139 Å². The Morgan fingerprint density at radius 1 is 1.17 bits per heavy atom. The second kappa shape index (κ2) is 8.24. The lowest BCUT2D eigenvalue weighted by Gasteiger charge is -2.35. The van der Waals surface area contributed by atoms with Crippen LogP contribution in [0.2, 0.25) is 0 Å². The Morgan fingerprint density at radius 3 is 2.43 bits per heavy atom. The molecule has 2 saturated heterocycles. The van der Waals surface area contributed by atoms with Gasteiger partial charge in [-0.2, -0.15) is 5.10 Å². The summed E-state index contributed by atoms with van der Waals surface area (Å²) >= 11 is 0. The van der Waals surface area contributed by atoms with Gasteiger partial charge in [-0.15, -0.1) is 0 Å². The molecule has 1 aromatic heterocycles. The fraction of sp³-hybridized carbons (Fsp3) is 0.824. The number of ether oxygens (including phenoxy) is 1. The molecule has 2 fully saturated rings. The number of aryl methyl sites for hydroxylation is 1. The highest BCUT2D eigenvalue weighted by Gasteiger charge is 2.23. The number of likely N-dealkylation sites (tertiary alicyclic amines) is 1. The largest absolute Gasteiger partial charge is 0.390 e. The molecule has 0 amide bonds. The smallest absolute Gasteiger partial charge is 0.0793 e. The fourth-order valence-corrected chi connectivity index (χ4v) is 3.62. The maximum Gasteiger partial charge on any atom is 0.0793 e. The first-order valence-electron chi connectivity index (χ1n) is 8.88. The average Bonchev–Trinajstić information content (AvgIpc) is 2.95. The second-order valence-corrected chi connectivity index (χ2v) is 7.05. The standard InChI is InChI=1S/C17H30N4O2/c1-15-10-18-21(11-15)12-16-2-4-19(5-3-16)13-17(22)14-20-6-8-23-9-7-20/h10-11,16-17,22H,2-9,12-14H2,1H3. The molecule has 1 N–H and O–H groups in total. The number of nitrogens with zero attached hydrogens (tertiary/aromatic N) is 4. The number of morpholine rings is 1. The third kappa shape index (κ3) is 5.28. The summed E-state index contributed by atoms with van der Waals surface area (Å²) in [7, 11) is 0. The summed E-state index contributed by atoms with van der Waals surface area (Å²) in [5.41, 5.74) is 1.23. The molecular weight excluding hydrogens is 292 g/mol. The predicted molar refractivity (Wildman–Crippen MR) is 89.4 cm³/mol. The van der Waals surface area contributed by atoms with Crippen LogP contribution in [-0.2, 0) is 11.3 Å². The van der Waals surface area contributed by atoms with Crippen LogP contribution in [-0.4, -0.2) is 83.3 Å². The molecule has 6 heteroatoms. The maximum atomic E-state index is 10.3. The van der Waals surface area contributed by atoms with E-state index in [4.69, 9.17) is 4.74 Å². The zero-order chi connectivity index (χ0) is 16.1. The van der Waals surface area contributed by atoms with Crippen LogP contribution in [0.4, 0.5) is 0 Å². The van der Waals surface area contributed by atoms with Gasteiger partial charge in [-0.1, -0.05) is 0 Å². The molecule has 6 nitrogen and oxygen atoms in total. The van der Waals surface area contributed by atoms with Crippen molar-refractivity contribution in [3.05, 3.63) is 18.0 Å². The van der Waals surface area contributed by atoms with Crippen molar-refractivity contribution in [3.8, 4) is 0 Å². The Bertz CT molecular complexity index is 465. The molecule has 23 heavy (non-hydrogen) atoms. The van der Waals surface area contributed by atoms with Crippen molar-refractivity contribution in [2.75, 3.05) is 52.5 Å². The lowest BCUT2D eigenvalue weighted by atomic mass is 9.96. The van der Waals surface area contributed by atoms with E-state index >= 15 is 0 Å². The molecule has 1 aromatic rings. The van der Waals surface area contributed by atoms with Gasteiger partial charge in [0.2, 0.25) is 0 Å². The van der Waals surface area contributed by atoms with Crippen LogP contribution < -0.4 is 0 Å². The van der Waals surface area contributed by atoms with Crippen LogP contribution in [0, 0.1) is 12.8 Å². The van der Waals surface area contributed by atoms with Gasteiger partial charge < -0.3 is 14.7 Å². The average molecular weight is 322 g/mol. The van der Waals surface area contributed by atoms with Gasteiger partial charge in [-0.05, 0) is 44.3 Å². The molecule has 3 rings (SSSR count). The number of hydrogen-bond donors (Lipinski definition) is 1. The minimum Gasteiger partial charge on any atom is -0.390 e. The highest BCUT2D eigenvalue weighted by atomic mass is 16.5. The first-order valence-corrected chi connectivity index (χ1v) is 8.88. The SMILES string of the molecule is Cc1cnn(CC2CCN(CC(O)CN3CCOCC3)CC2)c1. The van der Waals surface area contributed by atoms with Gasteiger partial charge in [0, 0.05) is 38.9 Å². The Morgan fingerprint density at radius 2 is 1.83 bits per heavy atom. The third-order valence-corrected chi connectivity index (χ3v) is 4.96. The number of piperidine rings is 1. The summed E-state index contributed by atoms with van der Waals surface area (Å²) in [6.07, 6.45) is 6.19. The van der Waals surface area contributed by atoms with Gasteiger partial charge in [0.25, 0.3) is 0 Å². The fourth-order valence-electron chi connectivity index (χ4n) is 3.62. The van der Waals surface area contributed by atoms with Crippen LogP contribution >= 0.6 is 0 Å². The summed E-state index contributed by atoms with van der Waals surface area (Å²) in [6, 6.07) is 0. The molecule has 0 aliphatic carbocycles. The van der Waals surface area contributed by atoms with Crippen molar-refractivity contribution in [2.45, 2.75) is 32.4 Å². The monoisotopic (exact) mass is 322 g/mol. The highest BCUT2D eigenvalue weighted by molar-refractivity contribution is 4.99. The molecule has 0 radical (unpaired) electrons. The predicted octanol–water partition coefficient (Wildman–Crippen LogP) is 0.597. The summed E-state index contributed by atoms with van der Waals surface area (Å²) in [6.45, 7) is 10.3. The van der Waals surface area contributed by atoms with E-state index in [1.54, 1.807) is 0 Å². The summed E-state index contributed by atoms with van der Waals surface area (Å²) in [4.78, 5) is 4.72. The quantitative estimate of drug-likeness (QED) is 0.831. The van der Waals surface area contributed by atoms with Crippen LogP contribution in [0.3, 0.4) is 0 Å². The number of hydrogen-bond acceptors (Lipinski definition) is 5. The van der Waals surface area contributed by atoms with E-state index in [-0.39, 0.29) is 6.10 Å². The van der Waals surface area contributed by atoms with Gasteiger partial charge in [0.05, 0.1) is 25.5 Å². The van der Waals surface area contributed by atoms with E-state index in [2.05, 4.69) is 32.7 Å². The van der Waals surface area contributed by atoms with E-state index in [1.165, 1.54) is 18.4 Å². The summed E-state index contributed by atoms with van der Waals surface area (Å²) < 4.78 is 7.42. The first kappa shape index (κ1) is 16.9. The number of aromatic nitrogens is 2. The van der Waals surface area contributed by atoms with E-state index in [1.807, 2.05) is 6.20 Å². The number of aliphatic hydroxyl groups is 1. The normalized spacial score (nSPS) is 23.2. The molecule has 2 aliphatic heterocycles. The van der Waals surface area contributed by atoms with Crippen LogP contribution in [0.5, 0.6) is 0 Å². The molecule has 3 heterocycles. The Hall–Kier alpha value is -0.950. The molecule has 1 unspecified atom stereocenters. The number of β-amino-alcohol motifs (C(OH)–C–C–N with tert-alkyl or cyclic N) is 1. The van der Waals surface area contributed by atoms with Crippen molar-refractivity contribution in [3.63, 3.8) is 0 Å². The van der Waals surface area contributed by atoms with Crippen molar-refractivity contribution in [1.82, 2.24) is 19.6 Å². The number of rotatable bonds is 6. The van der Waals surface area contributed by atoms with E-state index in [0.29, 0.717) is 5.92 Å². The minimum absolute atomic E-state index is 0.251. The van der Waals surface area contributed by atoms with Gasteiger partial charge in [0.1, 0.15) is 0 Å². The highest BCUT2D eigenvalue weighted by Crippen LogP contribution is 2.19. The van der Waals surface area contributed by atoms with Crippen LogP contribution in [0.15, 0.2) is 12.4 Å². The molecule has 0 bridgehead atoms. The number of aliphatic hydroxyl groups excluding tert-OH is 1. The molecule has 1 atom stereocenters. The molecule has 0 aromatic carbocycles. The zero-order valence-corrected chi connectivity index (χ0v) is 14.2. The van der Waals surface area contributed by atoms with Crippen LogP contribution in [0.25, 0.3) is 0 Å². The lowest BCUT2D eigenvalue weighted by molar-refractivity contribution is 0.00388. The van der Waals surface area contributed by atoms with Gasteiger partial charge in [-0.3, -0.25) is 9.58 Å². The summed E-state index contributed by atoms with van der Waals surface area (Å²) in [5.74, 6) is 0.710. The van der Waals surface area contributed by atoms with Crippen molar-refractivity contribution < 1.29 is 9.84 Å². The lowest BCUT2D eigenvalue weighted by Crippen LogP contribution is -2.46. The molecular formula is C17H30N4O2. The Kier molecular flexibility index (Phi) is 6.05. The molecule has 0 spiro atoms. The second-order valence-electron chi connectivity index (χ2n) is 7.05. The van der Waals surface area contributed by atoms with Crippen LogP contribution in [0.1, 0.15) is 18.4 Å². The molecule has 2 aliphatic rings.